The number of amides is 1. The van der Waals surface area contributed by atoms with E-state index in [0.29, 0.717) is 0 Å². The zero-order valence-electron chi connectivity index (χ0n) is 16.5. The predicted molar refractivity (Wildman–Crippen MR) is 99.6 cm³/mol. The highest BCUT2D eigenvalue weighted by Gasteiger charge is 2.42. The Morgan fingerprint density at radius 1 is 1.35 bits per heavy atom. The van der Waals surface area contributed by atoms with Crippen molar-refractivity contribution in [3.8, 4) is 0 Å². The van der Waals surface area contributed by atoms with Gasteiger partial charge in [0.15, 0.2) is 20.6 Å². The van der Waals surface area contributed by atoms with Gasteiger partial charge >= 0.3 is 6.18 Å². The second-order valence-electron chi connectivity index (χ2n) is 7.58. The van der Waals surface area contributed by atoms with Crippen molar-refractivity contribution in [1.29, 1.82) is 0 Å². The van der Waals surface area contributed by atoms with Crippen LogP contribution in [-0.2, 0) is 22.6 Å². The van der Waals surface area contributed by atoms with Crippen LogP contribution >= 0.6 is 0 Å². The molecule has 0 saturated heterocycles. The molecule has 1 N–H and O–H groups in total. The van der Waals surface area contributed by atoms with Crippen LogP contribution in [0.5, 0.6) is 0 Å². The Balaban J connectivity index is 1.95. The standard InChI is InChI=1S/C18H19F5N4O3S/c1-10-14(16(28)25-12-4-6-24-13(7-12)31(2,29)30)27(26-15(10)18(21,22)23)9-11-3-5-17(19,20)8-11/h4,6-7,11H,3,5,8-9H2,1-2H3,(H,24,25,28). The van der Waals surface area contributed by atoms with Gasteiger partial charge in [-0.3, -0.25) is 9.48 Å². The van der Waals surface area contributed by atoms with Crippen molar-refractivity contribution < 1.29 is 35.2 Å². The Labute approximate surface area is 174 Å². The lowest BCUT2D eigenvalue weighted by Crippen LogP contribution is -2.22. The molecule has 0 radical (unpaired) electrons. The maximum absolute atomic E-state index is 13.5. The molecule has 1 atom stereocenters. The Kier molecular flexibility index (Phi) is 5.84. The number of carbonyl (C=O) groups is 1. The zero-order valence-corrected chi connectivity index (χ0v) is 17.3. The van der Waals surface area contributed by atoms with Gasteiger partial charge in [-0.15, -0.1) is 0 Å². The van der Waals surface area contributed by atoms with E-state index in [2.05, 4.69) is 15.4 Å². The van der Waals surface area contributed by atoms with E-state index in [1.165, 1.54) is 6.07 Å². The minimum absolute atomic E-state index is 0.00599. The second kappa shape index (κ2) is 7.84. The van der Waals surface area contributed by atoms with Crippen LogP contribution in [0.15, 0.2) is 23.4 Å². The number of pyridine rings is 1. The summed E-state index contributed by atoms with van der Waals surface area (Å²) in [4.78, 5) is 16.5. The molecule has 0 bridgehead atoms. The average molecular weight is 466 g/mol. The van der Waals surface area contributed by atoms with Crippen LogP contribution in [0.25, 0.3) is 0 Å². The molecule has 1 saturated carbocycles. The highest BCUT2D eigenvalue weighted by atomic mass is 32.2. The lowest BCUT2D eigenvalue weighted by Gasteiger charge is -2.14. The van der Waals surface area contributed by atoms with Crippen LogP contribution in [0, 0.1) is 12.8 Å². The van der Waals surface area contributed by atoms with Gasteiger partial charge in [0.2, 0.25) is 5.92 Å². The number of nitrogens with zero attached hydrogens (tertiary/aromatic N) is 3. The number of halogens is 5. The largest absolute Gasteiger partial charge is 0.435 e. The zero-order chi connectivity index (χ0) is 23.2. The summed E-state index contributed by atoms with van der Waals surface area (Å²) >= 11 is 0. The van der Waals surface area contributed by atoms with Crippen LogP contribution in [0.3, 0.4) is 0 Å². The first-order chi connectivity index (χ1) is 14.2. The first kappa shape index (κ1) is 23.1. The van der Waals surface area contributed by atoms with E-state index in [9.17, 15) is 35.2 Å². The lowest BCUT2D eigenvalue weighted by molar-refractivity contribution is -0.142. The molecule has 1 unspecified atom stereocenters. The fraction of sp³-hybridized carbons (Fsp3) is 0.500. The number of alkyl halides is 5. The van der Waals surface area contributed by atoms with Gasteiger partial charge in [-0.05, 0) is 31.4 Å². The van der Waals surface area contributed by atoms with Crippen molar-refractivity contribution in [3.63, 3.8) is 0 Å². The van der Waals surface area contributed by atoms with E-state index in [1.807, 2.05) is 0 Å². The summed E-state index contributed by atoms with van der Waals surface area (Å²) in [5.41, 5.74) is -2.17. The molecule has 2 heterocycles. The summed E-state index contributed by atoms with van der Waals surface area (Å²) in [6.45, 7) is 0.791. The number of hydrogen-bond acceptors (Lipinski definition) is 5. The van der Waals surface area contributed by atoms with E-state index in [4.69, 9.17) is 0 Å². The van der Waals surface area contributed by atoms with Crippen LogP contribution in [-0.4, -0.2) is 41.3 Å². The molecule has 0 aliphatic heterocycles. The van der Waals surface area contributed by atoms with Crippen molar-refractivity contribution in [2.75, 3.05) is 11.6 Å². The summed E-state index contributed by atoms with van der Waals surface area (Å²) in [6, 6.07) is 2.33. The van der Waals surface area contributed by atoms with Gasteiger partial charge in [0.25, 0.3) is 5.91 Å². The third-order valence-electron chi connectivity index (χ3n) is 4.98. The fourth-order valence-electron chi connectivity index (χ4n) is 3.56. The van der Waals surface area contributed by atoms with Crippen molar-refractivity contribution in [1.82, 2.24) is 14.8 Å². The normalized spacial score (nSPS) is 18.9. The summed E-state index contributed by atoms with van der Waals surface area (Å²) in [6.07, 6.45) is -3.60. The quantitative estimate of drug-likeness (QED) is 0.679. The third kappa shape index (κ3) is 5.20. The topological polar surface area (TPSA) is 93.9 Å². The van der Waals surface area contributed by atoms with Gasteiger partial charge in [0.1, 0.15) is 5.69 Å². The number of nitrogens with one attached hydrogen (secondary N) is 1. The molecular formula is C18H19F5N4O3S. The van der Waals surface area contributed by atoms with E-state index in [0.717, 1.165) is 30.1 Å². The van der Waals surface area contributed by atoms with E-state index >= 15 is 0 Å². The van der Waals surface area contributed by atoms with Crippen molar-refractivity contribution in [2.24, 2.45) is 5.92 Å². The molecule has 13 heteroatoms. The number of sulfone groups is 1. The Hall–Kier alpha value is -2.57. The van der Waals surface area contributed by atoms with Gasteiger partial charge in [-0.1, -0.05) is 0 Å². The first-order valence-corrected chi connectivity index (χ1v) is 11.1. The Morgan fingerprint density at radius 3 is 2.58 bits per heavy atom. The van der Waals surface area contributed by atoms with E-state index in [-0.39, 0.29) is 30.1 Å². The van der Waals surface area contributed by atoms with Gasteiger partial charge in [-0.25, -0.2) is 22.2 Å². The number of aromatic nitrogens is 3. The molecule has 31 heavy (non-hydrogen) atoms. The lowest BCUT2D eigenvalue weighted by atomic mass is 10.1. The number of hydrogen-bond donors (Lipinski definition) is 1. The van der Waals surface area contributed by atoms with E-state index < -0.39 is 57.1 Å². The molecule has 170 valence electrons. The SMILES string of the molecule is Cc1c(C(F)(F)F)nn(CC2CCC(F)(F)C2)c1C(=O)Nc1ccnc(S(C)(=O)=O)c1. The average Bonchev–Trinajstić information content (AvgIpc) is 3.13. The summed E-state index contributed by atoms with van der Waals surface area (Å²) in [5, 5.41) is 5.49. The maximum Gasteiger partial charge on any atom is 0.435 e. The number of carbonyl (C=O) groups excluding carboxylic acids is 1. The summed E-state index contributed by atoms with van der Waals surface area (Å²) in [5.74, 6) is -4.52. The molecule has 2 aromatic rings. The summed E-state index contributed by atoms with van der Waals surface area (Å²) in [7, 11) is -3.68. The molecular weight excluding hydrogens is 447 g/mol. The molecule has 1 fully saturated rings. The smallest absolute Gasteiger partial charge is 0.321 e. The maximum atomic E-state index is 13.5. The number of anilines is 1. The van der Waals surface area contributed by atoms with Crippen LogP contribution in [0.4, 0.5) is 27.6 Å². The van der Waals surface area contributed by atoms with Gasteiger partial charge in [-0.2, -0.15) is 18.3 Å². The molecule has 1 amide bonds. The van der Waals surface area contributed by atoms with Gasteiger partial charge in [0.05, 0.1) is 0 Å². The Bertz CT molecular complexity index is 1110. The molecule has 2 aromatic heterocycles. The molecule has 0 spiro atoms. The predicted octanol–water partition coefficient (Wildman–Crippen LogP) is 3.70. The molecule has 0 aromatic carbocycles. The minimum Gasteiger partial charge on any atom is -0.321 e. The minimum atomic E-state index is -4.84. The van der Waals surface area contributed by atoms with Crippen molar-refractivity contribution in [3.05, 3.63) is 35.3 Å². The number of rotatable bonds is 5. The second-order valence-corrected chi connectivity index (χ2v) is 9.54. The van der Waals surface area contributed by atoms with Crippen LogP contribution < -0.4 is 5.32 Å². The molecule has 1 aliphatic carbocycles. The summed E-state index contributed by atoms with van der Waals surface area (Å²) < 4.78 is 91.1. The van der Waals surface area contributed by atoms with Gasteiger partial charge < -0.3 is 5.32 Å². The highest BCUT2D eigenvalue weighted by molar-refractivity contribution is 7.90. The molecule has 3 rings (SSSR count). The fourth-order valence-corrected chi connectivity index (χ4v) is 4.16. The van der Waals surface area contributed by atoms with Crippen LogP contribution in [0.1, 0.15) is 41.0 Å². The molecule has 1 aliphatic rings. The van der Waals surface area contributed by atoms with Crippen LogP contribution in [0.2, 0.25) is 0 Å². The monoisotopic (exact) mass is 466 g/mol. The highest BCUT2D eigenvalue weighted by Crippen LogP contribution is 2.40. The van der Waals surface area contributed by atoms with Gasteiger partial charge in [0, 0.05) is 43.1 Å². The Morgan fingerprint density at radius 2 is 2.03 bits per heavy atom. The van der Waals surface area contributed by atoms with Crippen molar-refractivity contribution >= 4 is 21.4 Å². The molecule has 7 nitrogen and oxygen atoms in total. The van der Waals surface area contributed by atoms with Crippen molar-refractivity contribution in [2.45, 2.75) is 49.9 Å². The van der Waals surface area contributed by atoms with E-state index in [1.54, 1.807) is 0 Å². The third-order valence-corrected chi connectivity index (χ3v) is 5.97. The first-order valence-electron chi connectivity index (χ1n) is 9.17.